The SMILES string of the molecule is Cc1nc(CCNC2CCCC(S(C)(=O)=O)C2)cs1. The van der Waals surface area contributed by atoms with Crippen molar-refractivity contribution in [3.63, 3.8) is 0 Å². The van der Waals surface area contributed by atoms with E-state index < -0.39 is 9.84 Å². The van der Waals surface area contributed by atoms with Crippen LogP contribution in [0.3, 0.4) is 0 Å². The van der Waals surface area contributed by atoms with Gasteiger partial charge in [0.1, 0.15) is 9.84 Å². The van der Waals surface area contributed by atoms with Crippen LogP contribution < -0.4 is 5.32 Å². The average Bonchev–Trinajstić information content (AvgIpc) is 2.74. The maximum Gasteiger partial charge on any atom is 0.150 e. The van der Waals surface area contributed by atoms with Gasteiger partial charge in [0.2, 0.25) is 0 Å². The summed E-state index contributed by atoms with van der Waals surface area (Å²) in [4.78, 5) is 4.43. The van der Waals surface area contributed by atoms with Crippen LogP contribution in [0, 0.1) is 6.92 Å². The highest BCUT2D eigenvalue weighted by Crippen LogP contribution is 2.23. The molecular formula is C13H22N2O2S2. The third-order valence-corrected chi connectivity index (χ3v) is 6.17. The molecule has 0 spiro atoms. The van der Waals surface area contributed by atoms with Gasteiger partial charge in [-0.1, -0.05) is 6.42 Å². The Hall–Kier alpha value is -0.460. The third-order valence-electron chi connectivity index (χ3n) is 3.71. The predicted octanol–water partition coefficient (Wildman–Crippen LogP) is 1.94. The summed E-state index contributed by atoms with van der Waals surface area (Å²) in [5, 5.41) is 6.53. The number of sulfone groups is 1. The Bertz CT molecular complexity index is 510. The van der Waals surface area contributed by atoms with Crippen molar-refractivity contribution in [2.75, 3.05) is 12.8 Å². The molecule has 6 heteroatoms. The van der Waals surface area contributed by atoms with Crippen LogP contribution in [0.25, 0.3) is 0 Å². The van der Waals surface area contributed by atoms with Crippen LogP contribution in [-0.4, -0.2) is 37.5 Å². The molecular weight excluding hydrogens is 280 g/mol. The molecule has 0 amide bonds. The average molecular weight is 302 g/mol. The first kappa shape index (κ1) is 14.9. The minimum Gasteiger partial charge on any atom is -0.314 e. The van der Waals surface area contributed by atoms with Gasteiger partial charge in [0, 0.05) is 30.6 Å². The van der Waals surface area contributed by atoms with Crippen LogP contribution in [0.2, 0.25) is 0 Å². The molecule has 1 aliphatic carbocycles. The first-order chi connectivity index (χ1) is 8.95. The second kappa shape index (κ2) is 6.33. The van der Waals surface area contributed by atoms with Crippen molar-refractivity contribution in [2.45, 2.75) is 50.3 Å². The van der Waals surface area contributed by atoms with Gasteiger partial charge in [-0.2, -0.15) is 0 Å². The zero-order chi connectivity index (χ0) is 13.9. The monoisotopic (exact) mass is 302 g/mol. The number of hydrogen-bond donors (Lipinski definition) is 1. The highest BCUT2D eigenvalue weighted by atomic mass is 32.2. The van der Waals surface area contributed by atoms with Crippen LogP contribution >= 0.6 is 11.3 Å². The lowest BCUT2D eigenvalue weighted by molar-refractivity contribution is 0.373. The summed E-state index contributed by atoms with van der Waals surface area (Å²) in [5.74, 6) is 0. The summed E-state index contributed by atoms with van der Waals surface area (Å²) in [6, 6.07) is 0.341. The lowest BCUT2D eigenvalue weighted by Gasteiger charge is -2.28. The van der Waals surface area contributed by atoms with Gasteiger partial charge in [-0.3, -0.25) is 0 Å². The Kier molecular flexibility index (Phi) is 4.97. The Labute approximate surface area is 119 Å². The quantitative estimate of drug-likeness (QED) is 0.903. The van der Waals surface area contributed by atoms with Crippen molar-refractivity contribution in [3.05, 3.63) is 16.1 Å². The van der Waals surface area contributed by atoms with Crippen LogP contribution in [0.1, 0.15) is 36.4 Å². The molecule has 1 aromatic heterocycles. The van der Waals surface area contributed by atoms with E-state index in [2.05, 4.69) is 15.7 Å². The van der Waals surface area contributed by atoms with Crippen LogP contribution in [0.4, 0.5) is 0 Å². The summed E-state index contributed by atoms with van der Waals surface area (Å²) in [6.07, 6.45) is 5.95. The molecule has 1 heterocycles. The van der Waals surface area contributed by atoms with Gasteiger partial charge in [0.25, 0.3) is 0 Å². The van der Waals surface area contributed by atoms with Crippen LogP contribution in [-0.2, 0) is 16.3 Å². The summed E-state index contributed by atoms with van der Waals surface area (Å²) in [5.41, 5.74) is 1.13. The van der Waals surface area contributed by atoms with Crippen molar-refractivity contribution in [1.82, 2.24) is 10.3 Å². The van der Waals surface area contributed by atoms with E-state index in [0.29, 0.717) is 6.04 Å². The number of rotatable bonds is 5. The molecule has 0 aliphatic heterocycles. The van der Waals surface area contributed by atoms with E-state index in [1.165, 1.54) is 6.26 Å². The molecule has 1 fully saturated rings. The summed E-state index contributed by atoms with van der Waals surface area (Å²) >= 11 is 1.68. The molecule has 0 aromatic carbocycles. The Morgan fingerprint density at radius 1 is 1.47 bits per heavy atom. The predicted molar refractivity (Wildman–Crippen MR) is 79.4 cm³/mol. The largest absolute Gasteiger partial charge is 0.314 e. The number of hydrogen-bond acceptors (Lipinski definition) is 5. The maximum absolute atomic E-state index is 11.6. The summed E-state index contributed by atoms with van der Waals surface area (Å²) < 4.78 is 23.2. The second-order valence-electron chi connectivity index (χ2n) is 5.38. The Balaban J connectivity index is 1.77. The van der Waals surface area contributed by atoms with Gasteiger partial charge in [-0.15, -0.1) is 11.3 Å². The van der Waals surface area contributed by atoms with E-state index in [4.69, 9.17) is 0 Å². The molecule has 1 N–H and O–H groups in total. The van der Waals surface area contributed by atoms with Crippen molar-refractivity contribution < 1.29 is 8.42 Å². The van der Waals surface area contributed by atoms with E-state index in [9.17, 15) is 8.42 Å². The fraction of sp³-hybridized carbons (Fsp3) is 0.769. The Morgan fingerprint density at radius 2 is 2.26 bits per heavy atom. The van der Waals surface area contributed by atoms with Crippen molar-refractivity contribution in [2.24, 2.45) is 0 Å². The number of nitrogens with one attached hydrogen (secondary N) is 1. The zero-order valence-corrected chi connectivity index (χ0v) is 13.2. The molecule has 1 aliphatic rings. The standard InChI is InChI=1S/C13H22N2O2S2/c1-10-15-12(9-18-10)6-7-14-11-4-3-5-13(8-11)19(2,16)17/h9,11,13-14H,3-8H2,1-2H3. The maximum atomic E-state index is 11.6. The second-order valence-corrected chi connectivity index (χ2v) is 8.76. The molecule has 0 radical (unpaired) electrons. The van der Waals surface area contributed by atoms with Crippen molar-refractivity contribution in [3.8, 4) is 0 Å². The van der Waals surface area contributed by atoms with Gasteiger partial charge in [-0.25, -0.2) is 13.4 Å². The van der Waals surface area contributed by atoms with E-state index in [1.807, 2.05) is 6.92 Å². The molecule has 0 bridgehead atoms. The van der Waals surface area contributed by atoms with Crippen LogP contribution in [0.5, 0.6) is 0 Å². The fourth-order valence-electron chi connectivity index (χ4n) is 2.65. The number of aryl methyl sites for hydroxylation is 1. The molecule has 1 aromatic rings. The van der Waals surface area contributed by atoms with E-state index >= 15 is 0 Å². The lowest BCUT2D eigenvalue weighted by atomic mass is 9.95. The van der Waals surface area contributed by atoms with Gasteiger partial charge in [0.05, 0.1) is 16.0 Å². The first-order valence-corrected chi connectivity index (χ1v) is 9.62. The molecule has 2 atom stereocenters. The van der Waals surface area contributed by atoms with Crippen molar-refractivity contribution >= 4 is 21.2 Å². The molecule has 0 saturated heterocycles. The minimum absolute atomic E-state index is 0.153. The number of thiazole rings is 1. The normalized spacial score (nSPS) is 24.5. The van der Waals surface area contributed by atoms with Crippen molar-refractivity contribution in [1.29, 1.82) is 0 Å². The fourth-order valence-corrected chi connectivity index (χ4v) is 4.47. The highest BCUT2D eigenvalue weighted by molar-refractivity contribution is 7.91. The highest BCUT2D eigenvalue weighted by Gasteiger charge is 2.28. The molecule has 4 nitrogen and oxygen atoms in total. The molecule has 1 saturated carbocycles. The zero-order valence-electron chi connectivity index (χ0n) is 11.6. The molecule has 19 heavy (non-hydrogen) atoms. The Morgan fingerprint density at radius 3 is 2.89 bits per heavy atom. The lowest BCUT2D eigenvalue weighted by Crippen LogP contribution is -2.39. The van der Waals surface area contributed by atoms with Crippen LogP contribution in [0.15, 0.2) is 5.38 Å². The third kappa shape index (κ3) is 4.54. The smallest absolute Gasteiger partial charge is 0.150 e. The van der Waals surface area contributed by atoms with Gasteiger partial charge >= 0.3 is 0 Å². The van der Waals surface area contributed by atoms with E-state index in [-0.39, 0.29) is 5.25 Å². The molecule has 2 unspecified atom stereocenters. The van der Waals surface area contributed by atoms with Gasteiger partial charge in [-0.05, 0) is 26.2 Å². The van der Waals surface area contributed by atoms with Gasteiger partial charge in [0.15, 0.2) is 0 Å². The number of aromatic nitrogens is 1. The number of nitrogens with zero attached hydrogens (tertiary/aromatic N) is 1. The van der Waals surface area contributed by atoms with E-state index in [0.717, 1.165) is 49.4 Å². The first-order valence-electron chi connectivity index (χ1n) is 6.78. The minimum atomic E-state index is -2.88. The van der Waals surface area contributed by atoms with E-state index in [1.54, 1.807) is 11.3 Å². The molecule has 108 valence electrons. The summed E-state index contributed by atoms with van der Waals surface area (Å²) in [7, 11) is -2.88. The van der Waals surface area contributed by atoms with Gasteiger partial charge < -0.3 is 5.32 Å². The topological polar surface area (TPSA) is 59.1 Å². The summed E-state index contributed by atoms with van der Waals surface area (Å²) in [6.45, 7) is 2.89. The molecule has 2 rings (SSSR count).